The van der Waals surface area contributed by atoms with Gasteiger partial charge >= 0.3 is 0 Å². The molecule has 0 bridgehead atoms. The Hall–Kier alpha value is -1.45. The van der Waals surface area contributed by atoms with E-state index < -0.39 is 0 Å². The van der Waals surface area contributed by atoms with Crippen molar-refractivity contribution in [3.8, 4) is 0 Å². The van der Waals surface area contributed by atoms with Crippen molar-refractivity contribution in [1.29, 1.82) is 0 Å². The maximum absolute atomic E-state index is 12.3. The van der Waals surface area contributed by atoms with Crippen molar-refractivity contribution in [1.82, 2.24) is 15.1 Å². The Kier molecular flexibility index (Phi) is 6.44. The van der Waals surface area contributed by atoms with Gasteiger partial charge in [-0.3, -0.25) is 14.5 Å². The largest absolute Gasteiger partial charge is 0.351 e. The van der Waals surface area contributed by atoms with Crippen LogP contribution in [0.25, 0.3) is 0 Å². The van der Waals surface area contributed by atoms with Gasteiger partial charge in [-0.1, -0.05) is 18.2 Å². The quantitative estimate of drug-likeness (QED) is 0.686. The lowest BCUT2D eigenvalue weighted by molar-refractivity contribution is 0.0643. The van der Waals surface area contributed by atoms with Gasteiger partial charge in [0.25, 0.3) is 11.8 Å². The minimum atomic E-state index is -0.0310. The molecule has 1 aliphatic rings. The monoisotopic (exact) mass is 469 g/mol. The number of piperazine rings is 1. The van der Waals surface area contributed by atoms with Crippen molar-refractivity contribution < 1.29 is 9.59 Å². The van der Waals surface area contributed by atoms with E-state index >= 15 is 0 Å². The summed E-state index contributed by atoms with van der Waals surface area (Å²) in [7, 11) is 0. The number of thiophene rings is 1. The molecule has 2 amide bonds. The Morgan fingerprint density at radius 3 is 2.52 bits per heavy atom. The van der Waals surface area contributed by atoms with Crippen LogP contribution >= 0.6 is 33.9 Å². The average Bonchev–Trinajstić information content (AvgIpc) is 3.16. The van der Waals surface area contributed by atoms with E-state index in [2.05, 4.69) is 32.8 Å². The zero-order valence-corrected chi connectivity index (χ0v) is 16.8. The Bertz CT molecular complexity index is 728. The molecule has 1 N–H and O–H groups in total. The van der Waals surface area contributed by atoms with Crippen LogP contribution in [0.2, 0.25) is 0 Å². The summed E-state index contributed by atoms with van der Waals surface area (Å²) in [5.41, 5.74) is 0.717. The second-order valence-electron chi connectivity index (χ2n) is 5.85. The van der Waals surface area contributed by atoms with Crippen LogP contribution in [0.3, 0.4) is 0 Å². The first-order chi connectivity index (χ1) is 12.1. The van der Waals surface area contributed by atoms with Gasteiger partial charge in [0.15, 0.2) is 0 Å². The topological polar surface area (TPSA) is 52.7 Å². The van der Waals surface area contributed by atoms with E-state index in [0.717, 1.165) is 46.7 Å². The van der Waals surface area contributed by atoms with Gasteiger partial charge in [-0.2, -0.15) is 0 Å². The van der Waals surface area contributed by atoms with Gasteiger partial charge < -0.3 is 10.2 Å². The van der Waals surface area contributed by atoms with Gasteiger partial charge in [0.05, 0.1) is 10.4 Å². The van der Waals surface area contributed by atoms with Gasteiger partial charge in [-0.25, -0.2) is 0 Å². The number of hydrogen-bond donors (Lipinski definition) is 1. The van der Waals surface area contributed by atoms with Crippen molar-refractivity contribution in [2.24, 2.45) is 0 Å². The van der Waals surface area contributed by atoms with Crippen LogP contribution < -0.4 is 5.32 Å². The van der Waals surface area contributed by atoms with Crippen LogP contribution in [-0.4, -0.2) is 60.9 Å². The average molecular weight is 469 g/mol. The Morgan fingerprint density at radius 2 is 1.84 bits per heavy atom. The zero-order valence-electron chi connectivity index (χ0n) is 13.8. The Morgan fingerprint density at radius 1 is 1.08 bits per heavy atom. The fourth-order valence-electron chi connectivity index (χ4n) is 2.80. The molecule has 2 heterocycles. The van der Waals surface area contributed by atoms with Crippen molar-refractivity contribution in [2.45, 2.75) is 0 Å². The second-order valence-corrected chi connectivity index (χ2v) is 7.96. The summed E-state index contributed by atoms with van der Waals surface area (Å²) >= 11 is 3.66. The third kappa shape index (κ3) is 4.80. The molecular formula is C18H20IN3O2S. The summed E-state index contributed by atoms with van der Waals surface area (Å²) in [6.45, 7) is 4.58. The highest BCUT2D eigenvalue weighted by atomic mass is 127. The van der Waals surface area contributed by atoms with E-state index in [1.807, 2.05) is 46.7 Å². The summed E-state index contributed by atoms with van der Waals surface area (Å²) in [6, 6.07) is 11.4. The zero-order chi connectivity index (χ0) is 17.6. The maximum Gasteiger partial charge on any atom is 0.264 e. The molecule has 0 spiro atoms. The van der Waals surface area contributed by atoms with Crippen molar-refractivity contribution in [2.75, 3.05) is 39.3 Å². The number of amides is 2. The third-order valence-corrected chi connectivity index (χ3v) is 6.02. The number of halogens is 1. The molecule has 1 aromatic carbocycles. The molecule has 132 valence electrons. The van der Waals surface area contributed by atoms with Crippen molar-refractivity contribution >= 4 is 45.7 Å². The van der Waals surface area contributed by atoms with Gasteiger partial charge in [0.2, 0.25) is 0 Å². The van der Waals surface area contributed by atoms with E-state index in [-0.39, 0.29) is 11.8 Å². The van der Waals surface area contributed by atoms with Crippen LogP contribution in [0, 0.1) is 3.57 Å². The molecule has 1 saturated heterocycles. The number of rotatable bonds is 5. The van der Waals surface area contributed by atoms with E-state index in [0.29, 0.717) is 6.54 Å². The highest BCUT2D eigenvalue weighted by molar-refractivity contribution is 14.1. The van der Waals surface area contributed by atoms with E-state index in [4.69, 9.17) is 0 Å². The smallest absolute Gasteiger partial charge is 0.264 e. The number of benzene rings is 1. The summed E-state index contributed by atoms with van der Waals surface area (Å²) in [5.74, 6) is 0.0955. The van der Waals surface area contributed by atoms with Crippen LogP contribution in [-0.2, 0) is 0 Å². The van der Waals surface area contributed by atoms with Crippen molar-refractivity contribution in [3.63, 3.8) is 0 Å². The Labute approximate surface area is 165 Å². The van der Waals surface area contributed by atoms with Crippen LogP contribution in [0.15, 0.2) is 41.8 Å². The first-order valence-corrected chi connectivity index (χ1v) is 10.2. The van der Waals surface area contributed by atoms with E-state index in [1.165, 1.54) is 11.3 Å². The first kappa shape index (κ1) is 18.3. The molecule has 0 atom stereocenters. The number of hydrogen-bond acceptors (Lipinski definition) is 4. The molecule has 0 aliphatic carbocycles. The predicted octanol–water partition coefficient (Wildman–Crippen LogP) is 2.54. The first-order valence-electron chi connectivity index (χ1n) is 8.23. The number of nitrogens with one attached hydrogen (secondary N) is 1. The van der Waals surface area contributed by atoms with Gasteiger partial charge in [-0.15, -0.1) is 11.3 Å². The number of nitrogens with zero attached hydrogens (tertiary/aromatic N) is 2. The third-order valence-electron chi connectivity index (χ3n) is 4.22. The predicted molar refractivity (Wildman–Crippen MR) is 108 cm³/mol. The molecule has 0 unspecified atom stereocenters. The van der Waals surface area contributed by atoms with Crippen LogP contribution in [0.5, 0.6) is 0 Å². The highest BCUT2D eigenvalue weighted by Gasteiger charge is 2.22. The van der Waals surface area contributed by atoms with Crippen molar-refractivity contribution in [3.05, 3.63) is 55.8 Å². The van der Waals surface area contributed by atoms with Crippen LogP contribution in [0.4, 0.5) is 0 Å². The highest BCUT2D eigenvalue weighted by Crippen LogP contribution is 2.14. The molecule has 1 aromatic heterocycles. The molecule has 5 nitrogen and oxygen atoms in total. The fraction of sp³-hybridized carbons (Fsp3) is 0.333. The van der Waals surface area contributed by atoms with Gasteiger partial charge in [0, 0.05) is 42.8 Å². The fourth-order valence-corrected chi connectivity index (χ4v) is 4.12. The summed E-state index contributed by atoms with van der Waals surface area (Å²) in [6.07, 6.45) is 0. The SMILES string of the molecule is O=C(NCCN1CCN(C(=O)c2cccs2)CC1)c1ccccc1I. The maximum atomic E-state index is 12.3. The lowest BCUT2D eigenvalue weighted by Gasteiger charge is -2.34. The molecule has 1 fully saturated rings. The molecule has 3 rings (SSSR count). The molecule has 25 heavy (non-hydrogen) atoms. The molecule has 7 heteroatoms. The molecule has 0 radical (unpaired) electrons. The van der Waals surface area contributed by atoms with Gasteiger partial charge in [-0.05, 0) is 46.2 Å². The van der Waals surface area contributed by atoms with Gasteiger partial charge in [0.1, 0.15) is 0 Å². The number of carbonyl (C=O) groups excluding carboxylic acids is 2. The summed E-state index contributed by atoms with van der Waals surface area (Å²) < 4.78 is 0.957. The van der Waals surface area contributed by atoms with E-state index in [9.17, 15) is 9.59 Å². The molecule has 1 aliphatic heterocycles. The lowest BCUT2D eigenvalue weighted by Crippen LogP contribution is -2.50. The molecule has 0 saturated carbocycles. The summed E-state index contributed by atoms with van der Waals surface area (Å²) in [4.78, 5) is 29.5. The second kappa shape index (κ2) is 8.77. The standard InChI is InChI=1S/C18H20IN3O2S/c19-15-5-2-1-4-14(15)17(23)20-7-8-21-9-11-22(12-10-21)18(24)16-6-3-13-25-16/h1-6,13H,7-12H2,(H,20,23). The number of carbonyl (C=O) groups is 2. The molecule has 2 aromatic rings. The minimum Gasteiger partial charge on any atom is -0.351 e. The molecular weight excluding hydrogens is 449 g/mol. The van der Waals surface area contributed by atoms with Crippen LogP contribution in [0.1, 0.15) is 20.0 Å². The summed E-state index contributed by atoms with van der Waals surface area (Å²) in [5, 5.41) is 4.91. The Balaban J connectivity index is 1.40. The lowest BCUT2D eigenvalue weighted by atomic mass is 10.2. The normalized spacial score (nSPS) is 15.2. The minimum absolute atomic E-state index is 0.0310. The van der Waals surface area contributed by atoms with E-state index in [1.54, 1.807) is 0 Å².